The molecule has 1 heterocycles. The summed E-state index contributed by atoms with van der Waals surface area (Å²) in [5.41, 5.74) is 0.648. The van der Waals surface area contributed by atoms with Crippen LogP contribution in [0.4, 0.5) is 10.1 Å². The molecule has 5 nitrogen and oxygen atoms in total. The van der Waals surface area contributed by atoms with Gasteiger partial charge in [-0.15, -0.1) is 11.3 Å². The molecule has 0 saturated carbocycles. The lowest BCUT2D eigenvalue weighted by atomic mass is 10.2. The molecule has 1 aromatic carbocycles. The second kappa shape index (κ2) is 5.74. The van der Waals surface area contributed by atoms with Crippen molar-refractivity contribution in [3.05, 3.63) is 44.3 Å². The number of carboxylic acid groups (broad SMARTS) is 1. The van der Waals surface area contributed by atoms with E-state index in [9.17, 15) is 17.6 Å². The number of benzene rings is 1. The summed E-state index contributed by atoms with van der Waals surface area (Å²) < 4.78 is 40.1. The van der Waals surface area contributed by atoms with Gasteiger partial charge in [-0.25, -0.2) is 17.6 Å². The normalized spacial score (nSPS) is 11.4. The highest BCUT2D eigenvalue weighted by Crippen LogP contribution is 2.33. The standard InChI is InChI=1S/C12H9BrFNO4S2/c1-6-4-7(14)2-3-8(6)15-21(18,19)10-5-9(12(16)17)20-11(10)13/h2-5,15H,1H3,(H,16,17). The van der Waals surface area contributed by atoms with Crippen LogP contribution in [0.1, 0.15) is 15.2 Å². The number of halogens is 2. The van der Waals surface area contributed by atoms with Crippen molar-refractivity contribution in [1.29, 1.82) is 0 Å². The molecule has 21 heavy (non-hydrogen) atoms. The Morgan fingerprint density at radius 2 is 2.05 bits per heavy atom. The smallest absolute Gasteiger partial charge is 0.345 e. The molecular weight excluding hydrogens is 385 g/mol. The summed E-state index contributed by atoms with van der Waals surface area (Å²) in [6.45, 7) is 1.56. The number of anilines is 1. The van der Waals surface area contributed by atoms with Crippen molar-refractivity contribution in [2.45, 2.75) is 11.8 Å². The Kier molecular flexibility index (Phi) is 4.35. The highest BCUT2D eigenvalue weighted by atomic mass is 79.9. The Bertz CT molecular complexity index is 817. The highest BCUT2D eigenvalue weighted by molar-refractivity contribution is 9.11. The number of rotatable bonds is 4. The van der Waals surface area contributed by atoms with Crippen LogP contribution < -0.4 is 4.72 Å². The molecule has 0 saturated heterocycles. The number of carboxylic acids is 1. The fourth-order valence-electron chi connectivity index (χ4n) is 1.58. The number of hydrogen-bond donors (Lipinski definition) is 2. The van der Waals surface area contributed by atoms with Gasteiger partial charge in [-0.2, -0.15) is 0 Å². The molecule has 2 N–H and O–H groups in total. The minimum absolute atomic E-state index is 0.0990. The van der Waals surface area contributed by atoms with Gasteiger partial charge in [0.05, 0.1) is 9.47 Å². The van der Waals surface area contributed by atoms with Gasteiger partial charge >= 0.3 is 5.97 Å². The van der Waals surface area contributed by atoms with Crippen LogP contribution in [-0.2, 0) is 10.0 Å². The molecular formula is C12H9BrFNO4S2. The molecule has 0 fully saturated rings. The summed E-state index contributed by atoms with van der Waals surface area (Å²) in [5.74, 6) is -1.68. The monoisotopic (exact) mass is 393 g/mol. The number of aryl methyl sites for hydroxylation is 1. The summed E-state index contributed by atoms with van der Waals surface area (Å²) in [6.07, 6.45) is 0. The number of hydrogen-bond acceptors (Lipinski definition) is 4. The van der Waals surface area contributed by atoms with Crippen molar-refractivity contribution in [2.75, 3.05) is 4.72 Å². The molecule has 1 aromatic heterocycles. The Morgan fingerprint density at radius 3 is 2.57 bits per heavy atom. The van der Waals surface area contributed by atoms with Crippen LogP contribution in [0, 0.1) is 12.7 Å². The third-order valence-electron chi connectivity index (χ3n) is 2.59. The van der Waals surface area contributed by atoms with Gasteiger partial charge in [-0.1, -0.05) is 0 Å². The Morgan fingerprint density at radius 1 is 1.38 bits per heavy atom. The van der Waals surface area contributed by atoms with E-state index in [1.54, 1.807) is 6.92 Å². The fourth-order valence-corrected chi connectivity index (χ4v) is 5.12. The van der Waals surface area contributed by atoms with Crippen LogP contribution >= 0.6 is 27.3 Å². The van der Waals surface area contributed by atoms with Crippen molar-refractivity contribution in [2.24, 2.45) is 0 Å². The van der Waals surface area contributed by atoms with Gasteiger partial charge < -0.3 is 5.11 Å². The van der Waals surface area contributed by atoms with E-state index in [1.165, 1.54) is 12.1 Å². The third-order valence-corrected chi connectivity index (χ3v) is 6.19. The molecule has 0 radical (unpaired) electrons. The van der Waals surface area contributed by atoms with Crippen molar-refractivity contribution in [3.8, 4) is 0 Å². The second-order valence-corrected chi connectivity index (χ2v) is 8.14. The number of carbonyl (C=O) groups is 1. The van der Waals surface area contributed by atoms with Crippen LogP contribution in [0.5, 0.6) is 0 Å². The van der Waals surface area contributed by atoms with Crippen molar-refractivity contribution in [1.82, 2.24) is 0 Å². The van der Waals surface area contributed by atoms with E-state index in [4.69, 9.17) is 5.11 Å². The summed E-state index contributed by atoms with van der Waals surface area (Å²) >= 11 is 3.85. The average Bonchev–Trinajstić information content (AvgIpc) is 2.76. The minimum Gasteiger partial charge on any atom is -0.477 e. The Balaban J connectivity index is 2.41. The first kappa shape index (κ1) is 15.9. The molecule has 9 heteroatoms. The third kappa shape index (κ3) is 3.42. The quantitative estimate of drug-likeness (QED) is 0.832. The maximum atomic E-state index is 13.0. The van der Waals surface area contributed by atoms with Gasteiger partial charge in [0.2, 0.25) is 0 Å². The lowest BCUT2D eigenvalue weighted by Crippen LogP contribution is -2.13. The molecule has 2 aromatic rings. The number of sulfonamides is 1. The zero-order valence-corrected chi connectivity index (χ0v) is 13.8. The maximum Gasteiger partial charge on any atom is 0.345 e. The predicted octanol–water partition coefficient (Wildman–Crippen LogP) is 3.46. The first-order valence-corrected chi connectivity index (χ1v) is 8.61. The second-order valence-electron chi connectivity index (χ2n) is 4.12. The zero-order valence-electron chi connectivity index (χ0n) is 10.6. The lowest BCUT2D eigenvalue weighted by molar-refractivity contribution is 0.0702. The van der Waals surface area contributed by atoms with E-state index >= 15 is 0 Å². The van der Waals surface area contributed by atoms with Crippen LogP contribution in [0.15, 0.2) is 32.9 Å². The van der Waals surface area contributed by atoms with Gasteiger partial charge in [-0.3, -0.25) is 4.72 Å². The average molecular weight is 394 g/mol. The molecule has 0 bridgehead atoms. The summed E-state index contributed by atoms with van der Waals surface area (Å²) in [5, 5.41) is 8.89. The molecule has 0 aliphatic heterocycles. The number of nitrogens with one attached hydrogen (secondary N) is 1. The topological polar surface area (TPSA) is 83.5 Å². The van der Waals surface area contributed by atoms with E-state index in [0.717, 1.165) is 23.5 Å². The molecule has 2 rings (SSSR count). The number of thiophene rings is 1. The molecule has 0 aliphatic rings. The molecule has 0 amide bonds. The molecule has 112 valence electrons. The number of aromatic carboxylic acids is 1. The van der Waals surface area contributed by atoms with Crippen LogP contribution in [0.2, 0.25) is 0 Å². The van der Waals surface area contributed by atoms with Crippen molar-refractivity contribution in [3.63, 3.8) is 0 Å². The van der Waals surface area contributed by atoms with Crippen LogP contribution in [-0.4, -0.2) is 19.5 Å². The van der Waals surface area contributed by atoms with Crippen molar-refractivity contribution >= 4 is 48.9 Å². The minimum atomic E-state index is -3.96. The van der Waals surface area contributed by atoms with Gasteiger partial charge in [-0.05, 0) is 52.7 Å². The SMILES string of the molecule is Cc1cc(F)ccc1NS(=O)(=O)c1cc(C(=O)O)sc1Br. The summed E-state index contributed by atoms with van der Waals surface area (Å²) in [4.78, 5) is 10.6. The van der Waals surface area contributed by atoms with E-state index in [0.29, 0.717) is 5.56 Å². The highest BCUT2D eigenvalue weighted by Gasteiger charge is 2.23. The van der Waals surface area contributed by atoms with Gasteiger partial charge in [0, 0.05) is 0 Å². The van der Waals surface area contributed by atoms with Gasteiger partial charge in [0.15, 0.2) is 0 Å². The first-order valence-electron chi connectivity index (χ1n) is 5.52. The lowest BCUT2D eigenvalue weighted by Gasteiger charge is -2.09. The predicted molar refractivity (Wildman–Crippen MR) is 80.9 cm³/mol. The Hall–Kier alpha value is -1.45. The largest absolute Gasteiger partial charge is 0.477 e. The molecule has 0 spiro atoms. The van der Waals surface area contributed by atoms with E-state index in [1.807, 2.05) is 0 Å². The van der Waals surface area contributed by atoms with Gasteiger partial charge in [0.25, 0.3) is 10.0 Å². The zero-order chi connectivity index (χ0) is 15.8. The summed E-state index contributed by atoms with van der Waals surface area (Å²) in [6, 6.07) is 4.71. The van der Waals surface area contributed by atoms with E-state index in [2.05, 4.69) is 20.7 Å². The molecule has 0 atom stereocenters. The van der Waals surface area contributed by atoms with Crippen molar-refractivity contribution < 1.29 is 22.7 Å². The maximum absolute atomic E-state index is 13.0. The van der Waals surface area contributed by atoms with Gasteiger partial charge in [0.1, 0.15) is 15.6 Å². The van der Waals surface area contributed by atoms with Crippen LogP contribution in [0.3, 0.4) is 0 Å². The van der Waals surface area contributed by atoms with E-state index < -0.39 is 21.8 Å². The Labute approximate surface area is 132 Å². The molecule has 0 aliphatic carbocycles. The first-order chi connectivity index (χ1) is 9.70. The fraction of sp³-hybridized carbons (Fsp3) is 0.0833. The van der Waals surface area contributed by atoms with E-state index in [-0.39, 0.29) is 19.2 Å². The molecule has 0 unspecified atom stereocenters. The summed E-state index contributed by atoms with van der Waals surface area (Å²) in [7, 11) is -3.96. The van der Waals surface area contributed by atoms with Crippen LogP contribution in [0.25, 0.3) is 0 Å².